The van der Waals surface area contributed by atoms with Crippen molar-refractivity contribution in [3.05, 3.63) is 0 Å². The second kappa shape index (κ2) is 11.9. The molecule has 2 unspecified atom stereocenters. The van der Waals surface area contributed by atoms with Crippen LogP contribution in [0, 0.1) is 5.92 Å². The fourth-order valence-electron chi connectivity index (χ4n) is 2.01. The molecule has 0 aromatic heterocycles. The van der Waals surface area contributed by atoms with Gasteiger partial charge < -0.3 is 10.2 Å². The van der Waals surface area contributed by atoms with Crippen molar-refractivity contribution in [3.8, 4) is 0 Å². The van der Waals surface area contributed by atoms with Crippen LogP contribution in [0.5, 0.6) is 0 Å². The topological polar surface area (TPSA) is 57.5 Å². The van der Waals surface area contributed by atoms with Crippen molar-refractivity contribution in [2.24, 2.45) is 5.92 Å². The van der Waals surface area contributed by atoms with E-state index in [-0.39, 0.29) is 35.7 Å². The van der Waals surface area contributed by atoms with E-state index in [1.807, 2.05) is 0 Å². The maximum absolute atomic E-state index is 9.49. The minimum absolute atomic E-state index is 0. The van der Waals surface area contributed by atoms with Crippen molar-refractivity contribution in [1.29, 1.82) is 0 Å². The average molecular weight is 240 g/mol. The van der Waals surface area contributed by atoms with Crippen LogP contribution in [-0.4, -0.2) is 51.8 Å². The monoisotopic (exact) mass is 240 g/mol. The molecule has 0 spiro atoms. The predicted molar refractivity (Wildman–Crippen MR) is 67.9 cm³/mol. The first-order valence-corrected chi connectivity index (χ1v) is 5.95. The van der Waals surface area contributed by atoms with Gasteiger partial charge in [-0.3, -0.25) is 4.79 Å². The van der Waals surface area contributed by atoms with Gasteiger partial charge in [-0.25, -0.2) is 0 Å². The molecule has 1 aliphatic rings. The number of hydrogen-bond acceptors (Lipinski definition) is 2. The van der Waals surface area contributed by atoms with Gasteiger partial charge in [0, 0.05) is 6.92 Å². The van der Waals surface area contributed by atoms with Crippen LogP contribution in [0.25, 0.3) is 0 Å². The Hall–Kier alpha value is 0.430. The number of rotatable bonds is 4. The third kappa shape index (κ3) is 10.9. The summed E-state index contributed by atoms with van der Waals surface area (Å²) >= 11 is 0. The Labute approximate surface area is 121 Å². The van der Waals surface area contributed by atoms with Gasteiger partial charge in [0.25, 0.3) is 5.97 Å². The van der Waals surface area contributed by atoms with Crippen LogP contribution in [0.2, 0.25) is 0 Å². The van der Waals surface area contributed by atoms with Crippen LogP contribution in [0.15, 0.2) is 0 Å². The molecule has 0 aliphatic heterocycles. The second-order valence-electron chi connectivity index (χ2n) is 4.27. The molecule has 0 amide bonds. The third-order valence-corrected chi connectivity index (χ3v) is 2.80. The Bertz CT molecular complexity index is 170. The molecule has 0 aromatic carbocycles. The normalized spacial score (nSPS) is 22.9. The van der Waals surface area contributed by atoms with E-state index in [0.29, 0.717) is 5.92 Å². The van der Waals surface area contributed by atoms with Crippen LogP contribution < -0.4 is 0 Å². The maximum atomic E-state index is 9.49. The molecule has 2 atom stereocenters. The molecule has 4 heteroatoms. The summed E-state index contributed by atoms with van der Waals surface area (Å²) in [5.41, 5.74) is 0. The van der Waals surface area contributed by atoms with E-state index >= 15 is 0 Å². The van der Waals surface area contributed by atoms with E-state index in [1.165, 1.54) is 38.5 Å². The molecule has 2 N–H and O–H groups in total. The van der Waals surface area contributed by atoms with Crippen LogP contribution in [0.1, 0.15) is 58.8 Å². The summed E-state index contributed by atoms with van der Waals surface area (Å²) in [5.74, 6) is -0.193. The number of aliphatic carboxylic acids is 1. The van der Waals surface area contributed by atoms with Gasteiger partial charge >= 0.3 is 29.6 Å². The van der Waals surface area contributed by atoms with Gasteiger partial charge in [-0.05, 0) is 25.2 Å². The summed E-state index contributed by atoms with van der Waals surface area (Å²) in [5, 5.41) is 16.9. The van der Waals surface area contributed by atoms with Crippen LogP contribution in [0.3, 0.4) is 0 Å². The number of unbranched alkanes of at least 4 members (excludes halogenated alkanes) is 2. The van der Waals surface area contributed by atoms with Crippen molar-refractivity contribution in [2.45, 2.75) is 64.9 Å². The Morgan fingerprint density at radius 2 is 1.88 bits per heavy atom. The average Bonchev–Trinajstić information content (AvgIpc) is 2.51. The van der Waals surface area contributed by atoms with E-state index in [1.54, 1.807) is 0 Å². The summed E-state index contributed by atoms with van der Waals surface area (Å²) < 4.78 is 0. The Balaban J connectivity index is 0. The van der Waals surface area contributed by atoms with E-state index in [9.17, 15) is 5.11 Å². The van der Waals surface area contributed by atoms with Crippen molar-refractivity contribution < 1.29 is 15.0 Å². The van der Waals surface area contributed by atoms with E-state index in [4.69, 9.17) is 9.90 Å². The zero-order valence-corrected chi connectivity index (χ0v) is 9.91. The molecule has 0 radical (unpaired) electrons. The van der Waals surface area contributed by atoms with Crippen molar-refractivity contribution in [2.75, 3.05) is 0 Å². The molecule has 16 heavy (non-hydrogen) atoms. The molecule has 1 rings (SSSR count). The molecule has 0 heterocycles. The summed E-state index contributed by atoms with van der Waals surface area (Å²) in [6.45, 7) is 3.31. The minimum atomic E-state index is -0.833. The zero-order chi connectivity index (χ0) is 11.7. The van der Waals surface area contributed by atoms with E-state index < -0.39 is 5.97 Å². The second-order valence-corrected chi connectivity index (χ2v) is 4.27. The molecule has 92 valence electrons. The Morgan fingerprint density at radius 1 is 1.31 bits per heavy atom. The van der Waals surface area contributed by atoms with Gasteiger partial charge in [0.1, 0.15) is 0 Å². The number of aliphatic hydroxyl groups excluding tert-OH is 1. The van der Waals surface area contributed by atoms with Gasteiger partial charge in [0.05, 0.1) is 6.10 Å². The van der Waals surface area contributed by atoms with Gasteiger partial charge in [0.15, 0.2) is 0 Å². The molecule has 1 fully saturated rings. The molecule has 1 saturated carbocycles. The van der Waals surface area contributed by atoms with Crippen molar-refractivity contribution >= 4 is 35.5 Å². The van der Waals surface area contributed by atoms with Gasteiger partial charge in [-0.15, -0.1) is 0 Å². The van der Waals surface area contributed by atoms with Crippen LogP contribution in [-0.2, 0) is 4.79 Å². The third-order valence-electron chi connectivity index (χ3n) is 2.80. The summed E-state index contributed by atoms with van der Waals surface area (Å²) in [7, 11) is 0. The number of carbonyl (C=O) groups is 1. The molecule has 0 bridgehead atoms. The fraction of sp³-hybridized carbons (Fsp3) is 0.917. The molecule has 0 aromatic rings. The van der Waals surface area contributed by atoms with Crippen molar-refractivity contribution in [3.63, 3.8) is 0 Å². The quantitative estimate of drug-likeness (QED) is 0.585. The first-order chi connectivity index (χ1) is 7.07. The van der Waals surface area contributed by atoms with Crippen molar-refractivity contribution in [1.82, 2.24) is 0 Å². The SMILES string of the molecule is CC(=O)O.CCCCCC1CCCC1O.[NaH]. The number of carboxylic acid groups (broad SMARTS) is 1. The molecular formula is C12H25NaO3. The molecule has 3 nitrogen and oxygen atoms in total. The van der Waals surface area contributed by atoms with Crippen LogP contribution >= 0.6 is 0 Å². The number of carboxylic acids is 1. The van der Waals surface area contributed by atoms with E-state index in [0.717, 1.165) is 13.3 Å². The summed E-state index contributed by atoms with van der Waals surface area (Å²) in [6.07, 6.45) is 8.81. The van der Waals surface area contributed by atoms with E-state index in [2.05, 4.69) is 6.92 Å². The standard InChI is InChI=1S/C10H20O.C2H4O2.Na.H/c1-2-3-4-6-9-7-5-8-10(9)11;1-2(3)4;;/h9-11H,2-8H2,1H3;1H3,(H,3,4);;. The predicted octanol–water partition coefficient (Wildman–Crippen LogP) is 2.17. The first-order valence-electron chi connectivity index (χ1n) is 5.95. The Morgan fingerprint density at radius 3 is 2.25 bits per heavy atom. The molecular weight excluding hydrogens is 215 g/mol. The number of aliphatic hydroxyl groups is 1. The van der Waals surface area contributed by atoms with Crippen LogP contribution in [0.4, 0.5) is 0 Å². The number of hydrogen-bond donors (Lipinski definition) is 2. The van der Waals surface area contributed by atoms with Gasteiger partial charge in [0.2, 0.25) is 0 Å². The van der Waals surface area contributed by atoms with Gasteiger partial charge in [-0.2, -0.15) is 0 Å². The first kappa shape index (κ1) is 18.8. The summed E-state index contributed by atoms with van der Waals surface area (Å²) in [6, 6.07) is 0. The molecule has 1 aliphatic carbocycles. The van der Waals surface area contributed by atoms with Gasteiger partial charge in [-0.1, -0.05) is 32.6 Å². The fourth-order valence-corrected chi connectivity index (χ4v) is 2.01. The molecule has 0 saturated heterocycles. The summed E-state index contributed by atoms with van der Waals surface area (Å²) in [4.78, 5) is 9.00. The Kier molecular flexibility index (Phi) is 14.0. The zero-order valence-electron chi connectivity index (χ0n) is 9.91.